The highest BCUT2D eigenvalue weighted by Crippen LogP contribution is 2.36. The molecule has 0 aromatic heterocycles. The molecular weight excluding hydrogens is 254 g/mol. The van der Waals surface area contributed by atoms with Crippen molar-refractivity contribution in [3.05, 3.63) is 22.7 Å². The highest BCUT2D eigenvalue weighted by molar-refractivity contribution is 6.32. The lowest BCUT2D eigenvalue weighted by Crippen LogP contribution is -2.21. The summed E-state index contributed by atoms with van der Waals surface area (Å²) in [4.78, 5) is 2.01. The van der Waals surface area contributed by atoms with Gasteiger partial charge in [0, 0.05) is 13.1 Å². The van der Waals surface area contributed by atoms with Crippen LogP contribution in [-0.4, -0.2) is 43.9 Å². The number of aliphatic hydroxyl groups excluding tert-OH is 1. The Morgan fingerprint density at radius 2 is 2.11 bits per heavy atom. The maximum Gasteiger partial charge on any atom is 0.179 e. The highest BCUT2D eigenvalue weighted by atomic mass is 35.5. The number of ether oxygens (including phenoxy) is 2. The van der Waals surface area contributed by atoms with E-state index in [9.17, 15) is 0 Å². The Bertz CT molecular complexity index is 385. The second-order valence-corrected chi connectivity index (χ2v) is 4.41. The van der Waals surface area contributed by atoms with Gasteiger partial charge >= 0.3 is 0 Å². The standard InChI is InChI=1S/C13H20ClNO3/c1-4-18-12-8-10(9-15(2)5-6-16)7-11(14)13(12)17-3/h7-8,16H,4-6,9H2,1-3H3. The Hall–Kier alpha value is -0.970. The average Bonchev–Trinajstić information content (AvgIpc) is 2.29. The van der Waals surface area contributed by atoms with Crippen LogP contribution in [0.5, 0.6) is 11.5 Å². The molecule has 0 amide bonds. The number of likely N-dealkylation sites (N-methyl/N-ethyl adjacent to an activating group) is 1. The van der Waals surface area contributed by atoms with Crippen molar-refractivity contribution in [2.75, 3.05) is 33.9 Å². The van der Waals surface area contributed by atoms with Crippen LogP contribution in [0, 0.1) is 0 Å². The van der Waals surface area contributed by atoms with E-state index in [0.29, 0.717) is 36.2 Å². The molecule has 0 fully saturated rings. The Kier molecular flexibility index (Phi) is 6.25. The zero-order valence-corrected chi connectivity index (χ0v) is 11.8. The summed E-state index contributed by atoms with van der Waals surface area (Å²) in [6, 6.07) is 3.78. The number of methoxy groups -OCH3 is 1. The van der Waals surface area contributed by atoms with Gasteiger partial charge in [0.15, 0.2) is 11.5 Å². The van der Waals surface area contributed by atoms with Gasteiger partial charge in [0.25, 0.3) is 0 Å². The lowest BCUT2D eigenvalue weighted by molar-refractivity contribution is 0.217. The molecule has 1 aromatic rings. The van der Waals surface area contributed by atoms with E-state index >= 15 is 0 Å². The highest BCUT2D eigenvalue weighted by Gasteiger charge is 2.12. The molecule has 0 heterocycles. The molecule has 4 nitrogen and oxygen atoms in total. The molecule has 0 aliphatic heterocycles. The smallest absolute Gasteiger partial charge is 0.179 e. The van der Waals surface area contributed by atoms with E-state index < -0.39 is 0 Å². The second-order valence-electron chi connectivity index (χ2n) is 4.00. The predicted octanol–water partition coefficient (Wildman–Crippen LogP) is 2.17. The fraction of sp³-hybridized carbons (Fsp3) is 0.538. The number of halogens is 1. The third-order valence-electron chi connectivity index (χ3n) is 2.51. The summed E-state index contributed by atoms with van der Waals surface area (Å²) in [5, 5.41) is 9.42. The van der Waals surface area contributed by atoms with E-state index in [0.717, 1.165) is 5.56 Å². The molecule has 0 saturated heterocycles. The van der Waals surface area contributed by atoms with Crippen molar-refractivity contribution in [2.45, 2.75) is 13.5 Å². The largest absolute Gasteiger partial charge is 0.491 e. The van der Waals surface area contributed by atoms with Gasteiger partial charge in [-0.1, -0.05) is 11.6 Å². The van der Waals surface area contributed by atoms with Crippen LogP contribution in [-0.2, 0) is 6.54 Å². The first-order chi connectivity index (χ1) is 8.62. The van der Waals surface area contributed by atoms with E-state index in [2.05, 4.69) is 0 Å². The van der Waals surface area contributed by atoms with Crippen LogP contribution in [0.2, 0.25) is 5.02 Å². The van der Waals surface area contributed by atoms with Gasteiger partial charge in [0.2, 0.25) is 0 Å². The molecule has 1 N–H and O–H groups in total. The zero-order chi connectivity index (χ0) is 13.5. The summed E-state index contributed by atoms with van der Waals surface area (Å²) < 4.78 is 10.7. The monoisotopic (exact) mass is 273 g/mol. The van der Waals surface area contributed by atoms with Crippen molar-refractivity contribution in [3.63, 3.8) is 0 Å². The number of aliphatic hydroxyl groups is 1. The molecule has 0 saturated carbocycles. The van der Waals surface area contributed by atoms with Crippen molar-refractivity contribution >= 4 is 11.6 Å². The summed E-state index contributed by atoms with van der Waals surface area (Å²) in [5.41, 5.74) is 1.03. The third kappa shape index (κ3) is 4.05. The molecule has 0 atom stereocenters. The average molecular weight is 274 g/mol. The third-order valence-corrected chi connectivity index (χ3v) is 2.79. The molecule has 0 unspecified atom stereocenters. The van der Waals surface area contributed by atoms with Gasteiger partial charge in [-0.05, 0) is 31.7 Å². The van der Waals surface area contributed by atoms with Crippen LogP contribution in [0.15, 0.2) is 12.1 Å². The molecule has 0 aliphatic rings. The molecule has 0 radical (unpaired) electrons. The minimum absolute atomic E-state index is 0.138. The van der Waals surface area contributed by atoms with Crippen molar-refractivity contribution in [1.29, 1.82) is 0 Å². The van der Waals surface area contributed by atoms with E-state index in [1.807, 2.05) is 31.0 Å². The molecule has 18 heavy (non-hydrogen) atoms. The topological polar surface area (TPSA) is 41.9 Å². The SMILES string of the molecule is CCOc1cc(CN(C)CCO)cc(Cl)c1OC. The maximum atomic E-state index is 8.88. The van der Waals surface area contributed by atoms with Crippen LogP contribution < -0.4 is 9.47 Å². The van der Waals surface area contributed by atoms with Crippen molar-refractivity contribution in [3.8, 4) is 11.5 Å². The van der Waals surface area contributed by atoms with Crippen LogP contribution in [0.4, 0.5) is 0 Å². The fourth-order valence-corrected chi connectivity index (χ4v) is 2.05. The summed E-state index contributed by atoms with van der Waals surface area (Å²) in [5.74, 6) is 1.21. The summed E-state index contributed by atoms with van der Waals surface area (Å²) in [7, 11) is 3.51. The van der Waals surface area contributed by atoms with Gasteiger partial charge in [0.1, 0.15) is 0 Å². The Morgan fingerprint density at radius 3 is 2.67 bits per heavy atom. The molecule has 1 rings (SSSR count). The lowest BCUT2D eigenvalue weighted by Gasteiger charge is -2.17. The normalized spacial score (nSPS) is 10.8. The molecule has 1 aromatic carbocycles. The fourth-order valence-electron chi connectivity index (χ4n) is 1.74. The summed E-state index contributed by atoms with van der Waals surface area (Å²) >= 11 is 6.16. The van der Waals surface area contributed by atoms with E-state index in [4.69, 9.17) is 26.2 Å². The van der Waals surface area contributed by atoms with E-state index in [-0.39, 0.29) is 6.61 Å². The zero-order valence-electron chi connectivity index (χ0n) is 11.1. The molecule has 102 valence electrons. The number of hydrogen-bond acceptors (Lipinski definition) is 4. The van der Waals surface area contributed by atoms with E-state index in [1.165, 1.54) is 0 Å². The molecule has 5 heteroatoms. The summed E-state index contributed by atoms with van der Waals surface area (Å²) in [6.07, 6.45) is 0. The number of hydrogen-bond donors (Lipinski definition) is 1. The van der Waals surface area contributed by atoms with Gasteiger partial charge < -0.3 is 14.6 Å². The van der Waals surface area contributed by atoms with Crippen LogP contribution in [0.3, 0.4) is 0 Å². The Balaban J connectivity index is 2.93. The van der Waals surface area contributed by atoms with E-state index in [1.54, 1.807) is 7.11 Å². The number of nitrogens with zero attached hydrogens (tertiary/aromatic N) is 1. The molecule has 0 aliphatic carbocycles. The number of rotatable bonds is 7. The Labute approximate surface area is 113 Å². The molecule has 0 bridgehead atoms. The van der Waals surface area contributed by atoms with Gasteiger partial charge in [-0.2, -0.15) is 0 Å². The maximum absolute atomic E-state index is 8.88. The first-order valence-corrected chi connectivity index (χ1v) is 6.28. The molecular formula is C13H20ClNO3. The first-order valence-electron chi connectivity index (χ1n) is 5.91. The summed E-state index contributed by atoms with van der Waals surface area (Å²) in [6.45, 7) is 3.93. The second kappa shape index (κ2) is 7.46. The molecule has 0 spiro atoms. The Morgan fingerprint density at radius 1 is 1.39 bits per heavy atom. The first kappa shape index (κ1) is 15.1. The van der Waals surface area contributed by atoms with Gasteiger partial charge in [-0.15, -0.1) is 0 Å². The predicted molar refractivity (Wildman–Crippen MR) is 72.6 cm³/mol. The van der Waals surface area contributed by atoms with Crippen LogP contribution >= 0.6 is 11.6 Å². The minimum atomic E-state index is 0.138. The van der Waals surface area contributed by atoms with Gasteiger partial charge in [-0.3, -0.25) is 4.90 Å². The van der Waals surface area contributed by atoms with Crippen molar-refractivity contribution in [1.82, 2.24) is 4.90 Å². The van der Waals surface area contributed by atoms with Gasteiger partial charge in [-0.25, -0.2) is 0 Å². The van der Waals surface area contributed by atoms with Crippen molar-refractivity contribution < 1.29 is 14.6 Å². The van der Waals surface area contributed by atoms with Crippen molar-refractivity contribution in [2.24, 2.45) is 0 Å². The van der Waals surface area contributed by atoms with Gasteiger partial charge in [0.05, 0.1) is 25.3 Å². The van der Waals surface area contributed by atoms with Crippen LogP contribution in [0.1, 0.15) is 12.5 Å². The number of benzene rings is 1. The lowest BCUT2D eigenvalue weighted by atomic mass is 10.2. The quantitative estimate of drug-likeness (QED) is 0.827. The van der Waals surface area contributed by atoms with Crippen LogP contribution in [0.25, 0.3) is 0 Å². The minimum Gasteiger partial charge on any atom is -0.491 e.